The number of urea groups is 1. The Hall–Kier alpha value is -1.23. The smallest absolute Gasteiger partial charge is 0.315 e. The van der Waals surface area contributed by atoms with Crippen molar-refractivity contribution in [3.05, 3.63) is 28.2 Å². The number of hydrogen-bond acceptors (Lipinski definition) is 2. The zero-order chi connectivity index (χ0) is 10.1. The van der Waals surface area contributed by atoms with E-state index in [2.05, 4.69) is 26.6 Å². The van der Waals surface area contributed by atoms with Crippen molar-refractivity contribution in [1.29, 1.82) is 0 Å². The largest absolute Gasteiger partial charge is 0.508 e. The summed E-state index contributed by atoms with van der Waals surface area (Å²) < 4.78 is 0.881. The molecule has 1 aliphatic heterocycles. The van der Waals surface area contributed by atoms with Gasteiger partial charge >= 0.3 is 6.03 Å². The number of carbonyl (C=O) groups is 1. The van der Waals surface area contributed by atoms with Crippen molar-refractivity contribution < 1.29 is 9.90 Å². The quantitative estimate of drug-likeness (QED) is 0.714. The van der Waals surface area contributed by atoms with Gasteiger partial charge in [0.05, 0.1) is 6.04 Å². The first-order valence-corrected chi connectivity index (χ1v) is 4.99. The van der Waals surface area contributed by atoms with E-state index < -0.39 is 0 Å². The van der Waals surface area contributed by atoms with Crippen LogP contribution in [0.2, 0.25) is 0 Å². The SMILES string of the molecule is O=C1NC[C@@H](c2cc(Br)ccc2O)N1. The number of hydrogen-bond donors (Lipinski definition) is 3. The normalized spacial score (nSPS) is 20.4. The molecule has 0 aromatic heterocycles. The Morgan fingerprint density at radius 1 is 1.50 bits per heavy atom. The maximum absolute atomic E-state index is 10.9. The van der Waals surface area contributed by atoms with E-state index in [1.807, 2.05) is 0 Å². The van der Waals surface area contributed by atoms with Gasteiger partial charge in [-0.2, -0.15) is 0 Å². The number of benzene rings is 1. The van der Waals surface area contributed by atoms with Gasteiger partial charge in [-0.15, -0.1) is 0 Å². The van der Waals surface area contributed by atoms with E-state index in [9.17, 15) is 9.90 Å². The van der Waals surface area contributed by atoms with E-state index in [1.54, 1.807) is 18.2 Å². The highest BCUT2D eigenvalue weighted by atomic mass is 79.9. The minimum absolute atomic E-state index is 0.153. The zero-order valence-electron chi connectivity index (χ0n) is 7.25. The molecule has 1 aliphatic rings. The molecular formula is C9H9BrN2O2. The second-order valence-electron chi connectivity index (χ2n) is 3.11. The molecule has 4 nitrogen and oxygen atoms in total. The van der Waals surface area contributed by atoms with Crippen LogP contribution >= 0.6 is 15.9 Å². The van der Waals surface area contributed by atoms with Crippen molar-refractivity contribution in [3.63, 3.8) is 0 Å². The monoisotopic (exact) mass is 256 g/mol. The highest BCUT2D eigenvalue weighted by Gasteiger charge is 2.23. The van der Waals surface area contributed by atoms with E-state index in [1.165, 1.54) is 0 Å². The van der Waals surface area contributed by atoms with Gasteiger partial charge in [-0.3, -0.25) is 0 Å². The maximum atomic E-state index is 10.9. The summed E-state index contributed by atoms with van der Waals surface area (Å²) in [4.78, 5) is 10.9. The molecule has 74 valence electrons. The Morgan fingerprint density at radius 3 is 2.93 bits per heavy atom. The molecule has 0 bridgehead atoms. The molecule has 0 saturated carbocycles. The molecule has 1 heterocycles. The van der Waals surface area contributed by atoms with Gasteiger partial charge in [0.25, 0.3) is 0 Å². The standard InChI is InChI=1S/C9H9BrN2O2/c10-5-1-2-8(13)6(3-5)7-4-11-9(14)12-7/h1-3,7,13H,4H2,(H2,11,12,14)/t7-/m0/s1. The predicted octanol–water partition coefficient (Wildman–Crippen LogP) is 1.51. The van der Waals surface area contributed by atoms with Crippen LogP contribution in [0.25, 0.3) is 0 Å². The number of phenols is 1. The van der Waals surface area contributed by atoms with E-state index >= 15 is 0 Å². The summed E-state index contributed by atoms with van der Waals surface area (Å²) in [5.41, 5.74) is 0.720. The van der Waals surface area contributed by atoms with Crippen LogP contribution in [-0.4, -0.2) is 17.7 Å². The fourth-order valence-corrected chi connectivity index (χ4v) is 1.83. The van der Waals surface area contributed by atoms with Gasteiger partial charge in [0.1, 0.15) is 5.75 Å². The van der Waals surface area contributed by atoms with Crippen LogP contribution in [0.15, 0.2) is 22.7 Å². The summed E-state index contributed by atoms with van der Waals surface area (Å²) in [6, 6.07) is 4.80. The molecule has 1 aromatic rings. The van der Waals surface area contributed by atoms with Gasteiger partial charge in [0.2, 0.25) is 0 Å². The molecular weight excluding hydrogens is 248 g/mol. The highest BCUT2D eigenvalue weighted by molar-refractivity contribution is 9.10. The maximum Gasteiger partial charge on any atom is 0.315 e. The van der Waals surface area contributed by atoms with Crippen molar-refractivity contribution >= 4 is 22.0 Å². The minimum atomic E-state index is -0.200. The third-order valence-corrected chi connectivity index (χ3v) is 2.63. The van der Waals surface area contributed by atoms with Crippen molar-refractivity contribution in [3.8, 4) is 5.75 Å². The number of phenolic OH excluding ortho intramolecular Hbond substituents is 1. The number of aromatic hydroxyl groups is 1. The molecule has 2 rings (SSSR count). The summed E-state index contributed by atoms with van der Waals surface area (Å²) >= 11 is 3.31. The number of amides is 2. The van der Waals surface area contributed by atoms with Gasteiger partial charge in [-0.25, -0.2) is 4.79 Å². The van der Waals surface area contributed by atoms with Crippen LogP contribution in [-0.2, 0) is 0 Å². The fraction of sp³-hybridized carbons (Fsp3) is 0.222. The Morgan fingerprint density at radius 2 is 2.29 bits per heavy atom. The molecule has 0 unspecified atom stereocenters. The van der Waals surface area contributed by atoms with E-state index in [0.717, 1.165) is 10.0 Å². The molecule has 1 saturated heterocycles. The lowest BCUT2D eigenvalue weighted by molar-refractivity contribution is 0.247. The first-order chi connectivity index (χ1) is 6.66. The average Bonchev–Trinajstić information content (AvgIpc) is 2.56. The molecule has 2 amide bonds. The Labute approximate surface area is 89.4 Å². The second kappa shape index (κ2) is 3.49. The van der Waals surface area contributed by atoms with Crippen LogP contribution in [0.5, 0.6) is 5.75 Å². The Balaban J connectivity index is 2.31. The van der Waals surface area contributed by atoms with Crippen LogP contribution in [0.4, 0.5) is 4.79 Å². The van der Waals surface area contributed by atoms with Crippen molar-refractivity contribution in [2.75, 3.05) is 6.54 Å². The van der Waals surface area contributed by atoms with Crippen LogP contribution in [0.3, 0.4) is 0 Å². The topological polar surface area (TPSA) is 61.4 Å². The summed E-state index contributed by atoms with van der Waals surface area (Å²) in [5, 5.41) is 14.9. The first-order valence-electron chi connectivity index (χ1n) is 4.19. The van der Waals surface area contributed by atoms with E-state index in [0.29, 0.717) is 6.54 Å². The highest BCUT2D eigenvalue weighted by Crippen LogP contribution is 2.28. The average molecular weight is 257 g/mol. The van der Waals surface area contributed by atoms with Gasteiger partial charge in [0, 0.05) is 16.6 Å². The van der Waals surface area contributed by atoms with Crippen LogP contribution in [0, 0.1) is 0 Å². The molecule has 1 fully saturated rings. The summed E-state index contributed by atoms with van der Waals surface area (Å²) in [7, 11) is 0. The van der Waals surface area contributed by atoms with Crippen molar-refractivity contribution in [2.45, 2.75) is 6.04 Å². The first kappa shape index (κ1) is 9.33. The molecule has 0 aliphatic carbocycles. The van der Waals surface area contributed by atoms with Crippen LogP contribution < -0.4 is 10.6 Å². The summed E-state index contributed by atoms with van der Waals surface area (Å²) in [6.07, 6.45) is 0. The van der Waals surface area contributed by atoms with Crippen LogP contribution in [0.1, 0.15) is 11.6 Å². The van der Waals surface area contributed by atoms with Gasteiger partial charge in [-0.1, -0.05) is 15.9 Å². The van der Waals surface area contributed by atoms with Crippen molar-refractivity contribution in [1.82, 2.24) is 10.6 Å². The summed E-state index contributed by atoms with van der Waals surface area (Å²) in [6.45, 7) is 0.503. The summed E-state index contributed by atoms with van der Waals surface area (Å²) in [5.74, 6) is 0.196. The fourth-order valence-electron chi connectivity index (χ4n) is 1.45. The molecule has 1 atom stereocenters. The molecule has 5 heteroatoms. The third-order valence-electron chi connectivity index (χ3n) is 2.14. The molecule has 0 spiro atoms. The number of rotatable bonds is 1. The minimum Gasteiger partial charge on any atom is -0.508 e. The molecule has 14 heavy (non-hydrogen) atoms. The molecule has 1 aromatic carbocycles. The van der Waals surface area contributed by atoms with E-state index in [4.69, 9.17) is 0 Å². The third kappa shape index (κ3) is 1.68. The lowest BCUT2D eigenvalue weighted by atomic mass is 10.1. The van der Waals surface area contributed by atoms with Gasteiger partial charge in [0.15, 0.2) is 0 Å². The number of halogens is 1. The van der Waals surface area contributed by atoms with Crippen molar-refractivity contribution in [2.24, 2.45) is 0 Å². The Kier molecular flexibility index (Phi) is 2.33. The Bertz CT molecular complexity index is 381. The van der Waals surface area contributed by atoms with E-state index in [-0.39, 0.29) is 17.8 Å². The molecule has 3 N–H and O–H groups in total. The predicted molar refractivity (Wildman–Crippen MR) is 55.1 cm³/mol. The lowest BCUT2D eigenvalue weighted by Crippen LogP contribution is -2.21. The lowest BCUT2D eigenvalue weighted by Gasteiger charge is -2.11. The number of nitrogens with one attached hydrogen (secondary N) is 2. The zero-order valence-corrected chi connectivity index (χ0v) is 8.84. The van der Waals surface area contributed by atoms with Gasteiger partial charge in [-0.05, 0) is 18.2 Å². The van der Waals surface area contributed by atoms with Gasteiger partial charge < -0.3 is 15.7 Å². The second-order valence-corrected chi connectivity index (χ2v) is 4.03. The number of carbonyl (C=O) groups excluding carboxylic acids is 1. The molecule has 0 radical (unpaired) electrons.